The van der Waals surface area contributed by atoms with Crippen molar-refractivity contribution in [2.24, 2.45) is 0 Å². The average molecular weight is 290 g/mol. The first-order valence-electron chi connectivity index (χ1n) is 6.03. The van der Waals surface area contributed by atoms with E-state index in [4.69, 9.17) is 14.6 Å². The van der Waals surface area contributed by atoms with Crippen LogP contribution in [0.2, 0.25) is 0 Å². The normalized spacial score (nSPS) is 10.2. The van der Waals surface area contributed by atoms with Crippen LogP contribution in [0.3, 0.4) is 0 Å². The van der Waals surface area contributed by atoms with Gasteiger partial charge in [0.2, 0.25) is 5.75 Å². The maximum atomic E-state index is 11.0. The number of carboxylic acid groups (broad SMARTS) is 1. The van der Waals surface area contributed by atoms with Gasteiger partial charge in [-0.3, -0.25) is 0 Å². The molecule has 110 valence electrons. The van der Waals surface area contributed by atoms with E-state index in [1.165, 1.54) is 19.2 Å². The van der Waals surface area contributed by atoms with Crippen molar-refractivity contribution in [3.05, 3.63) is 41.5 Å². The van der Waals surface area contributed by atoms with E-state index in [9.17, 15) is 15.0 Å². The minimum Gasteiger partial charge on any atom is -0.508 e. The highest BCUT2D eigenvalue weighted by Crippen LogP contribution is 2.40. The van der Waals surface area contributed by atoms with Crippen molar-refractivity contribution in [1.82, 2.24) is 0 Å². The Balaban J connectivity index is 2.48. The van der Waals surface area contributed by atoms with Gasteiger partial charge < -0.3 is 24.8 Å². The standard InChI is InChI=1S/C15H14O6/c1-8-3-10(16)7-11(4-8)21-13-6-9(15(18)19)5-12(17)14(13)20-2/h3-7,16-17H,1-2H3,(H,18,19). The Morgan fingerprint density at radius 1 is 1.10 bits per heavy atom. The zero-order chi connectivity index (χ0) is 15.6. The lowest BCUT2D eigenvalue weighted by molar-refractivity contribution is 0.0696. The lowest BCUT2D eigenvalue weighted by Crippen LogP contribution is -1.99. The van der Waals surface area contributed by atoms with Crippen LogP contribution >= 0.6 is 0 Å². The third-order valence-corrected chi connectivity index (χ3v) is 2.75. The fourth-order valence-electron chi connectivity index (χ4n) is 1.91. The highest BCUT2D eigenvalue weighted by Gasteiger charge is 2.16. The molecule has 0 bridgehead atoms. The molecule has 2 rings (SSSR count). The van der Waals surface area contributed by atoms with Crippen LogP contribution in [0.4, 0.5) is 0 Å². The summed E-state index contributed by atoms with van der Waals surface area (Å²) in [6, 6.07) is 6.89. The number of aromatic hydroxyl groups is 2. The Kier molecular flexibility index (Phi) is 3.89. The molecule has 0 aromatic heterocycles. The number of carboxylic acids is 1. The molecule has 0 saturated carbocycles. The third kappa shape index (κ3) is 3.17. The first-order chi connectivity index (χ1) is 9.90. The van der Waals surface area contributed by atoms with Crippen molar-refractivity contribution < 1.29 is 29.6 Å². The number of hydrogen-bond donors (Lipinski definition) is 3. The molecule has 3 N–H and O–H groups in total. The van der Waals surface area contributed by atoms with E-state index in [0.29, 0.717) is 5.75 Å². The van der Waals surface area contributed by atoms with E-state index in [0.717, 1.165) is 11.6 Å². The molecule has 0 radical (unpaired) electrons. The smallest absolute Gasteiger partial charge is 0.335 e. The van der Waals surface area contributed by atoms with Crippen molar-refractivity contribution >= 4 is 5.97 Å². The molecule has 6 heteroatoms. The minimum absolute atomic E-state index is 0.0148. The van der Waals surface area contributed by atoms with Gasteiger partial charge in [0.15, 0.2) is 11.5 Å². The van der Waals surface area contributed by atoms with Gasteiger partial charge in [0.05, 0.1) is 12.7 Å². The summed E-state index contributed by atoms with van der Waals surface area (Å²) in [6.07, 6.45) is 0. The summed E-state index contributed by atoms with van der Waals surface area (Å²) in [5, 5.41) is 28.3. The van der Waals surface area contributed by atoms with Crippen molar-refractivity contribution in [3.8, 4) is 28.7 Å². The fourth-order valence-corrected chi connectivity index (χ4v) is 1.91. The first kappa shape index (κ1) is 14.5. The zero-order valence-corrected chi connectivity index (χ0v) is 11.5. The molecule has 0 spiro atoms. The van der Waals surface area contributed by atoms with Crippen LogP contribution in [0.5, 0.6) is 28.7 Å². The summed E-state index contributed by atoms with van der Waals surface area (Å²) in [5.74, 6) is -1.18. The number of hydrogen-bond acceptors (Lipinski definition) is 5. The molecule has 0 aliphatic carbocycles. The number of benzene rings is 2. The fraction of sp³-hybridized carbons (Fsp3) is 0.133. The lowest BCUT2D eigenvalue weighted by atomic mass is 10.2. The summed E-state index contributed by atoms with van der Waals surface area (Å²) in [4.78, 5) is 11.0. The monoisotopic (exact) mass is 290 g/mol. The Morgan fingerprint density at radius 2 is 1.81 bits per heavy atom. The maximum absolute atomic E-state index is 11.0. The predicted octanol–water partition coefficient (Wildman–Crippen LogP) is 2.91. The Labute approximate surface area is 120 Å². The van der Waals surface area contributed by atoms with E-state index in [-0.39, 0.29) is 28.6 Å². The van der Waals surface area contributed by atoms with E-state index in [2.05, 4.69) is 0 Å². The Bertz CT molecular complexity index is 673. The van der Waals surface area contributed by atoms with Gasteiger partial charge in [-0.1, -0.05) is 0 Å². The van der Waals surface area contributed by atoms with Crippen LogP contribution in [0.1, 0.15) is 15.9 Å². The molecular formula is C15H14O6. The summed E-state index contributed by atoms with van der Waals surface area (Å²) in [5.41, 5.74) is 0.628. The summed E-state index contributed by atoms with van der Waals surface area (Å²) < 4.78 is 10.5. The van der Waals surface area contributed by atoms with Crippen LogP contribution in [0.25, 0.3) is 0 Å². The average Bonchev–Trinajstić information content (AvgIpc) is 2.36. The number of phenols is 2. The van der Waals surface area contributed by atoms with Gasteiger partial charge in [-0.25, -0.2) is 4.79 Å². The number of aryl methyl sites for hydroxylation is 1. The molecule has 0 unspecified atom stereocenters. The molecular weight excluding hydrogens is 276 g/mol. The number of rotatable bonds is 4. The van der Waals surface area contributed by atoms with Crippen LogP contribution in [0.15, 0.2) is 30.3 Å². The number of aromatic carboxylic acids is 1. The summed E-state index contributed by atoms with van der Waals surface area (Å²) >= 11 is 0. The number of methoxy groups -OCH3 is 1. The number of carbonyl (C=O) groups is 1. The molecule has 0 heterocycles. The maximum Gasteiger partial charge on any atom is 0.335 e. The second-order valence-electron chi connectivity index (χ2n) is 4.44. The minimum atomic E-state index is -1.20. The second kappa shape index (κ2) is 5.62. The SMILES string of the molecule is COc1c(O)cc(C(=O)O)cc1Oc1cc(C)cc(O)c1. The molecule has 0 aliphatic heterocycles. The van der Waals surface area contributed by atoms with Crippen LogP contribution in [-0.2, 0) is 0 Å². The van der Waals surface area contributed by atoms with Crippen molar-refractivity contribution in [3.63, 3.8) is 0 Å². The second-order valence-corrected chi connectivity index (χ2v) is 4.44. The van der Waals surface area contributed by atoms with Gasteiger partial charge in [-0.2, -0.15) is 0 Å². The summed E-state index contributed by atoms with van der Waals surface area (Å²) in [6.45, 7) is 1.77. The Hall–Kier alpha value is -2.89. The van der Waals surface area contributed by atoms with Gasteiger partial charge in [-0.15, -0.1) is 0 Å². The molecule has 2 aromatic rings. The van der Waals surface area contributed by atoms with Crippen LogP contribution < -0.4 is 9.47 Å². The predicted molar refractivity (Wildman–Crippen MR) is 74.5 cm³/mol. The Morgan fingerprint density at radius 3 is 2.38 bits per heavy atom. The largest absolute Gasteiger partial charge is 0.508 e. The number of ether oxygens (including phenoxy) is 2. The van der Waals surface area contributed by atoms with Crippen LogP contribution in [-0.4, -0.2) is 28.4 Å². The molecule has 21 heavy (non-hydrogen) atoms. The number of phenolic OH excluding ortho intramolecular Hbond substituents is 2. The third-order valence-electron chi connectivity index (χ3n) is 2.75. The van der Waals surface area contributed by atoms with E-state index in [1.807, 2.05) is 0 Å². The van der Waals surface area contributed by atoms with Crippen molar-refractivity contribution in [2.75, 3.05) is 7.11 Å². The lowest BCUT2D eigenvalue weighted by Gasteiger charge is -2.13. The molecule has 0 atom stereocenters. The van der Waals surface area contributed by atoms with Gasteiger partial charge in [0.25, 0.3) is 0 Å². The molecule has 0 amide bonds. The van der Waals surface area contributed by atoms with Gasteiger partial charge >= 0.3 is 5.97 Å². The van der Waals surface area contributed by atoms with E-state index < -0.39 is 5.97 Å². The van der Waals surface area contributed by atoms with Crippen molar-refractivity contribution in [2.45, 2.75) is 6.92 Å². The van der Waals surface area contributed by atoms with Gasteiger partial charge in [0.1, 0.15) is 11.5 Å². The highest BCUT2D eigenvalue weighted by molar-refractivity contribution is 5.89. The van der Waals surface area contributed by atoms with E-state index >= 15 is 0 Å². The van der Waals surface area contributed by atoms with E-state index in [1.54, 1.807) is 19.1 Å². The highest BCUT2D eigenvalue weighted by atomic mass is 16.5. The molecule has 0 saturated heterocycles. The summed E-state index contributed by atoms with van der Waals surface area (Å²) in [7, 11) is 1.33. The molecule has 6 nitrogen and oxygen atoms in total. The van der Waals surface area contributed by atoms with Gasteiger partial charge in [0, 0.05) is 6.07 Å². The topological polar surface area (TPSA) is 96.2 Å². The molecule has 2 aromatic carbocycles. The van der Waals surface area contributed by atoms with Crippen molar-refractivity contribution in [1.29, 1.82) is 0 Å². The first-order valence-corrected chi connectivity index (χ1v) is 6.03. The molecule has 0 aliphatic rings. The molecule has 0 fully saturated rings. The zero-order valence-electron chi connectivity index (χ0n) is 11.5. The van der Waals surface area contributed by atoms with Crippen LogP contribution in [0, 0.1) is 6.92 Å². The van der Waals surface area contributed by atoms with Gasteiger partial charge in [-0.05, 0) is 36.8 Å². The quantitative estimate of drug-likeness (QED) is 0.801.